The van der Waals surface area contributed by atoms with E-state index in [1.54, 1.807) is 23.3 Å². The van der Waals surface area contributed by atoms with Gasteiger partial charge in [0, 0.05) is 56.3 Å². The van der Waals surface area contributed by atoms with Crippen LogP contribution in [0.2, 0.25) is 10.0 Å². The maximum Gasteiger partial charge on any atom is 0.227 e. The first kappa shape index (κ1) is 67.3. The molecule has 0 radical (unpaired) electrons. The fraction of sp³-hybridized carbons (Fsp3) is 0.568. The zero-order valence-corrected chi connectivity index (χ0v) is 53.1. The number of likely N-dealkylation sites (tertiary alicyclic amines) is 4. The van der Waals surface area contributed by atoms with Crippen molar-refractivity contribution in [3.63, 3.8) is 0 Å². The van der Waals surface area contributed by atoms with Gasteiger partial charge in [0.1, 0.15) is 0 Å². The molecule has 0 aromatic heterocycles. The Morgan fingerprint density at radius 2 is 0.860 bits per heavy atom. The minimum Gasteiger partial charge on any atom is -0.337 e. The number of fused-ring (bicyclic) bond motifs is 4. The second kappa shape index (κ2) is 32.2. The SMILES string of the molecule is C.C.CC(C)C(=O)N(C)[C@@H]1c2ccccc2C[C@H]1N1CCCC1.CN(C(=O)Cc1ccc(Cl)c(Cl)c1)[C@H]1c2ccccc2CCC[C@@H]1N1CCCC1.CN[C@@H]1c2ccccc2C[C@H]1N1CCCC1.CN[C@H]1c2ccccc2CCC[C@@H]1N1CCCC1. The number of aryl methyl sites for hydroxylation is 2. The third kappa shape index (κ3) is 15.7. The zero-order chi connectivity index (χ0) is 58.7. The van der Waals surface area contributed by atoms with Crippen molar-refractivity contribution < 1.29 is 9.59 Å². The Morgan fingerprint density at radius 1 is 0.477 bits per heavy atom. The predicted octanol–water partition coefficient (Wildman–Crippen LogP) is 14.4. The summed E-state index contributed by atoms with van der Waals surface area (Å²) >= 11 is 12.2. The summed E-state index contributed by atoms with van der Waals surface area (Å²) < 4.78 is 0. The smallest absolute Gasteiger partial charge is 0.227 e. The number of likely N-dealkylation sites (N-methyl/N-ethyl adjacent to an activating group) is 4. The van der Waals surface area contributed by atoms with Crippen LogP contribution in [0, 0.1) is 5.92 Å². The van der Waals surface area contributed by atoms with Crippen molar-refractivity contribution in [3.05, 3.63) is 175 Å². The van der Waals surface area contributed by atoms with Crippen LogP contribution in [0.4, 0.5) is 0 Å². The number of hydrogen-bond donors (Lipinski definition) is 2. The molecule has 13 rings (SSSR count). The molecule has 0 unspecified atom stereocenters. The number of halogens is 2. The fourth-order valence-corrected chi connectivity index (χ4v) is 16.3. The number of nitrogens with zero attached hydrogens (tertiary/aromatic N) is 6. The molecule has 0 saturated carbocycles. The molecule has 468 valence electrons. The van der Waals surface area contributed by atoms with Gasteiger partial charge in [-0.15, -0.1) is 0 Å². The van der Waals surface area contributed by atoms with Gasteiger partial charge in [0.15, 0.2) is 0 Å². The van der Waals surface area contributed by atoms with E-state index in [4.69, 9.17) is 23.2 Å². The fourth-order valence-electron chi connectivity index (χ4n) is 16.0. The van der Waals surface area contributed by atoms with Crippen molar-refractivity contribution in [2.24, 2.45) is 5.92 Å². The molecule has 4 aliphatic carbocycles. The Bertz CT molecular complexity index is 2930. The molecule has 10 nitrogen and oxygen atoms in total. The number of benzene rings is 5. The Hall–Kier alpha value is -4.62. The Labute approximate surface area is 529 Å². The predicted molar refractivity (Wildman–Crippen MR) is 361 cm³/mol. The highest BCUT2D eigenvalue weighted by atomic mass is 35.5. The molecule has 2 N–H and O–H groups in total. The Balaban J connectivity index is 0.000000152. The van der Waals surface area contributed by atoms with E-state index in [1.165, 1.54) is 156 Å². The maximum absolute atomic E-state index is 13.3. The summed E-state index contributed by atoms with van der Waals surface area (Å²) in [6.07, 6.45) is 20.6. The molecule has 86 heavy (non-hydrogen) atoms. The lowest BCUT2D eigenvalue weighted by atomic mass is 9.93. The van der Waals surface area contributed by atoms with Gasteiger partial charge in [0.25, 0.3) is 0 Å². The summed E-state index contributed by atoms with van der Waals surface area (Å²) in [5.41, 5.74) is 12.5. The van der Waals surface area contributed by atoms with Crippen molar-refractivity contribution in [3.8, 4) is 0 Å². The van der Waals surface area contributed by atoms with Gasteiger partial charge < -0.3 is 20.4 Å². The molecule has 12 heteroatoms. The highest BCUT2D eigenvalue weighted by molar-refractivity contribution is 6.42. The van der Waals surface area contributed by atoms with Crippen LogP contribution in [0.1, 0.15) is 180 Å². The quantitative estimate of drug-likeness (QED) is 0.127. The lowest BCUT2D eigenvalue weighted by Crippen LogP contribution is -2.46. The van der Waals surface area contributed by atoms with E-state index in [9.17, 15) is 9.59 Å². The van der Waals surface area contributed by atoms with Gasteiger partial charge >= 0.3 is 0 Å². The van der Waals surface area contributed by atoms with Crippen LogP contribution >= 0.6 is 23.2 Å². The van der Waals surface area contributed by atoms with Crippen molar-refractivity contribution in [1.82, 2.24) is 40.0 Å². The van der Waals surface area contributed by atoms with E-state index in [-0.39, 0.29) is 44.7 Å². The first-order valence-electron chi connectivity index (χ1n) is 32.5. The van der Waals surface area contributed by atoms with Gasteiger partial charge in [-0.05, 0) is 231 Å². The highest BCUT2D eigenvalue weighted by Gasteiger charge is 2.42. The van der Waals surface area contributed by atoms with Crippen LogP contribution in [0.25, 0.3) is 0 Å². The van der Waals surface area contributed by atoms with E-state index < -0.39 is 0 Å². The minimum absolute atomic E-state index is 0. The van der Waals surface area contributed by atoms with Gasteiger partial charge in [-0.2, -0.15) is 0 Å². The van der Waals surface area contributed by atoms with E-state index in [2.05, 4.69) is 141 Å². The first-order valence-corrected chi connectivity index (χ1v) is 33.3. The zero-order valence-electron chi connectivity index (χ0n) is 51.6. The monoisotopic (exact) mass is 1210 g/mol. The van der Waals surface area contributed by atoms with Crippen LogP contribution in [0.5, 0.6) is 0 Å². The molecular weight excluding hydrogens is 1100 g/mol. The van der Waals surface area contributed by atoms with Gasteiger partial charge in [-0.25, -0.2) is 0 Å². The summed E-state index contributed by atoms with van der Waals surface area (Å²) in [5.74, 6) is 0.428. The molecule has 0 bridgehead atoms. The standard InChI is InChI=1S/C24H28Cl2N2O.C18H26N2O.C16H24N2.C14H20N2.2CH4/c1-27(23(29)16-17-11-12-20(25)21(26)15-17)24-19-9-3-2-7-18(19)8-6-10-22(24)28-13-4-5-14-28;1-13(2)18(21)19(3)17-15-9-5-4-8-14(15)12-16(17)20-10-6-7-11-20;1-17-16-14-9-3-2-7-13(14)8-6-10-15(16)18-11-4-5-12-18;1-15-14-12-7-3-2-6-11(12)10-13(14)16-8-4-5-9-16;;/h2-3,7,9,11-12,15,22,24H,4-6,8,10,13-14,16H2,1H3;4-5,8-9,13,16-17H,6-7,10-12H2,1-3H3;2-3,7,9,15-17H,4-6,8,10-12H2,1H3;2-3,6-7,13-15H,4-5,8-10H2,1H3;2*1H4/t22-,24-;16-,17-;15-,16-;13-,14-;;/m0101../s1. The highest BCUT2D eigenvalue weighted by Crippen LogP contribution is 2.42. The number of rotatable bonds is 11. The van der Waals surface area contributed by atoms with E-state index >= 15 is 0 Å². The van der Waals surface area contributed by atoms with E-state index in [1.807, 2.05) is 43.8 Å². The molecule has 8 aliphatic rings. The molecule has 4 fully saturated rings. The largest absolute Gasteiger partial charge is 0.337 e. The van der Waals surface area contributed by atoms with Crippen molar-refractivity contribution in [2.45, 2.75) is 186 Å². The molecule has 4 saturated heterocycles. The van der Waals surface area contributed by atoms with Crippen LogP contribution in [-0.2, 0) is 41.7 Å². The molecule has 4 aliphatic heterocycles. The van der Waals surface area contributed by atoms with Gasteiger partial charge in [-0.1, -0.05) is 155 Å². The molecule has 4 heterocycles. The Morgan fingerprint density at radius 3 is 1.37 bits per heavy atom. The van der Waals surface area contributed by atoms with E-state index in [0.717, 1.165) is 37.9 Å². The minimum atomic E-state index is 0. The summed E-state index contributed by atoms with van der Waals surface area (Å²) in [6.45, 7) is 13.8. The van der Waals surface area contributed by atoms with Crippen molar-refractivity contribution in [2.75, 3.05) is 80.5 Å². The lowest BCUT2D eigenvalue weighted by Gasteiger charge is -2.39. The third-order valence-corrected chi connectivity index (χ3v) is 21.0. The molecule has 2 amide bonds. The lowest BCUT2D eigenvalue weighted by molar-refractivity contribution is -0.136. The summed E-state index contributed by atoms with van der Waals surface area (Å²) in [5, 5.41) is 8.10. The maximum atomic E-state index is 13.3. The molecule has 0 spiro atoms. The topological polar surface area (TPSA) is 77.6 Å². The van der Waals surface area contributed by atoms with Crippen molar-refractivity contribution in [1.29, 1.82) is 0 Å². The van der Waals surface area contributed by atoms with Crippen LogP contribution in [0.3, 0.4) is 0 Å². The third-order valence-electron chi connectivity index (χ3n) is 20.2. The molecule has 8 atom stereocenters. The average molecular weight is 1210 g/mol. The van der Waals surface area contributed by atoms with E-state index in [0.29, 0.717) is 52.7 Å². The molecular formula is C74H106Cl2N8O2. The van der Waals surface area contributed by atoms with Crippen LogP contribution in [-0.4, -0.2) is 146 Å². The number of hydrogen-bond acceptors (Lipinski definition) is 8. The average Bonchev–Trinajstić information content (AvgIpc) is 2.03. The number of carbonyl (C=O) groups excluding carboxylic acids is 2. The van der Waals surface area contributed by atoms with Crippen LogP contribution < -0.4 is 10.6 Å². The van der Waals surface area contributed by atoms with Gasteiger partial charge in [-0.3, -0.25) is 29.2 Å². The summed E-state index contributed by atoms with van der Waals surface area (Å²) in [4.78, 5) is 40.4. The van der Waals surface area contributed by atoms with Crippen LogP contribution in [0.15, 0.2) is 115 Å². The second-order valence-corrected chi connectivity index (χ2v) is 26.5. The molecule has 5 aromatic rings. The number of carbonyl (C=O) groups is 2. The second-order valence-electron chi connectivity index (χ2n) is 25.7. The number of amides is 2. The van der Waals surface area contributed by atoms with Gasteiger partial charge in [0.05, 0.1) is 28.5 Å². The summed E-state index contributed by atoms with van der Waals surface area (Å²) in [7, 11) is 8.17. The molecule has 5 aromatic carbocycles. The first-order chi connectivity index (χ1) is 40.9. The summed E-state index contributed by atoms with van der Waals surface area (Å²) in [6, 6.07) is 44.3. The Kier molecular flexibility index (Phi) is 25.2. The van der Waals surface area contributed by atoms with Crippen molar-refractivity contribution >= 4 is 35.0 Å². The van der Waals surface area contributed by atoms with Gasteiger partial charge in [0.2, 0.25) is 11.8 Å². The normalized spacial score (nSPS) is 25.2. The number of nitrogens with one attached hydrogen (secondary N) is 2.